The fourth-order valence-corrected chi connectivity index (χ4v) is 4.95. The summed E-state index contributed by atoms with van der Waals surface area (Å²) >= 11 is 0. The van der Waals surface area contributed by atoms with Crippen molar-refractivity contribution in [1.29, 1.82) is 0 Å². The first-order valence-electron chi connectivity index (χ1n) is 13.8. The van der Waals surface area contributed by atoms with E-state index in [-0.39, 0.29) is 30.8 Å². The first-order chi connectivity index (χ1) is 20.5. The number of carbonyl (C=O) groups excluding carboxylic acids is 2. The van der Waals surface area contributed by atoms with E-state index in [1.807, 2.05) is 60.8 Å². The third-order valence-corrected chi connectivity index (χ3v) is 7.34. The molecule has 0 spiro atoms. The van der Waals surface area contributed by atoms with E-state index in [0.29, 0.717) is 24.9 Å². The molecule has 0 saturated carbocycles. The van der Waals surface area contributed by atoms with Crippen LogP contribution in [0.4, 0.5) is 0 Å². The van der Waals surface area contributed by atoms with Crippen molar-refractivity contribution in [2.45, 2.75) is 38.3 Å². The summed E-state index contributed by atoms with van der Waals surface area (Å²) in [6.45, 7) is 0.662. The average molecular weight is 571 g/mol. The molecular formula is C33H34N2O7. The van der Waals surface area contributed by atoms with E-state index in [2.05, 4.69) is 10.3 Å². The summed E-state index contributed by atoms with van der Waals surface area (Å²) in [5.74, 6) is 0.0446. The lowest BCUT2D eigenvalue weighted by molar-refractivity contribution is -0.150. The van der Waals surface area contributed by atoms with E-state index < -0.39 is 12.3 Å². The number of methoxy groups -OCH3 is 2. The molecule has 2 atom stereocenters. The number of esters is 1. The Morgan fingerprint density at radius 2 is 1.79 bits per heavy atom. The topological polar surface area (TPSA) is 119 Å². The van der Waals surface area contributed by atoms with E-state index in [4.69, 9.17) is 18.9 Å². The van der Waals surface area contributed by atoms with E-state index >= 15 is 0 Å². The summed E-state index contributed by atoms with van der Waals surface area (Å²) in [6, 6.07) is 20.4. The number of H-pyrrole nitrogens is 1. The lowest BCUT2D eigenvalue weighted by Crippen LogP contribution is -2.33. The van der Waals surface area contributed by atoms with Crippen LogP contribution in [0.3, 0.4) is 0 Å². The zero-order valence-corrected chi connectivity index (χ0v) is 23.6. The highest BCUT2D eigenvalue weighted by Crippen LogP contribution is 2.32. The Bertz CT molecular complexity index is 1560. The van der Waals surface area contributed by atoms with Gasteiger partial charge in [-0.3, -0.25) is 4.79 Å². The number of aliphatic hydroxyl groups is 1. The Labute approximate surface area is 244 Å². The Morgan fingerprint density at radius 1 is 1.02 bits per heavy atom. The van der Waals surface area contributed by atoms with Crippen LogP contribution < -0.4 is 10.1 Å². The van der Waals surface area contributed by atoms with Crippen LogP contribution in [0.5, 0.6) is 5.75 Å². The van der Waals surface area contributed by atoms with E-state index in [1.54, 1.807) is 25.3 Å². The second-order valence-electron chi connectivity index (χ2n) is 10.1. The number of fused-ring (bicyclic) bond motifs is 1. The molecule has 218 valence electrons. The summed E-state index contributed by atoms with van der Waals surface area (Å²) in [6.07, 6.45) is 4.18. The van der Waals surface area contributed by atoms with Gasteiger partial charge in [-0.15, -0.1) is 0 Å². The van der Waals surface area contributed by atoms with Gasteiger partial charge in [0, 0.05) is 36.0 Å². The van der Waals surface area contributed by atoms with Crippen LogP contribution in [0.2, 0.25) is 0 Å². The first-order valence-corrected chi connectivity index (χ1v) is 13.8. The highest BCUT2D eigenvalue weighted by molar-refractivity contribution is 5.92. The van der Waals surface area contributed by atoms with Crippen LogP contribution >= 0.6 is 0 Å². The normalized spacial score (nSPS) is 16.4. The average Bonchev–Trinajstić information content (AvgIpc) is 3.45. The number of aromatic nitrogens is 1. The van der Waals surface area contributed by atoms with E-state index in [1.165, 1.54) is 7.11 Å². The van der Waals surface area contributed by atoms with Crippen molar-refractivity contribution in [2.75, 3.05) is 20.8 Å². The van der Waals surface area contributed by atoms with Crippen molar-refractivity contribution in [3.05, 3.63) is 113 Å². The van der Waals surface area contributed by atoms with E-state index in [9.17, 15) is 14.7 Å². The molecule has 42 heavy (non-hydrogen) atoms. The number of carbonyl (C=O) groups is 2. The van der Waals surface area contributed by atoms with Crippen LogP contribution in [0.15, 0.2) is 84.8 Å². The van der Waals surface area contributed by atoms with Gasteiger partial charge in [-0.1, -0.05) is 36.4 Å². The van der Waals surface area contributed by atoms with Crippen LogP contribution in [-0.4, -0.2) is 49.0 Å². The van der Waals surface area contributed by atoms with Gasteiger partial charge >= 0.3 is 5.97 Å². The van der Waals surface area contributed by atoms with Crippen molar-refractivity contribution in [1.82, 2.24) is 10.3 Å². The number of amides is 1. The Morgan fingerprint density at radius 3 is 2.50 bits per heavy atom. The van der Waals surface area contributed by atoms with Crippen molar-refractivity contribution in [3.63, 3.8) is 0 Å². The van der Waals surface area contributed by atoms with Gasteiger partial charge in [-0.2, -0.15) is 0 Å². The third-order valence-electron chi connectivity index (χ3n) is 7.34. The minimum absolute atomic E-state index is 0.0267. The fourth-order valence-electron chi connectivity index (χ4n) is 4.95. The molecule has 1 aliphatic rings. The number of benzene rings is 3. The predicted octanol–water partition coefficient (Wildman–Crippen LogP) is 4.75. The largest absolute Gasteiger partial charge is 0.497 e. The molecule has 0 fully saturated rings. The van der Waals surface area contributed by atoms with Crippen LogP contribution in [0.1, 0.15) is 45.0 Å². The zero-order valence-electron chi connectivity index (χ0n) is 23.6. The Balaban J connectivity index is 1.28. The molecule has 0 radical (unpaired) electrons. The molecule has 1 amide bonds. The maximum Gasteiger partial charge on any atom is 0.337 e. The molecule has 2 unspecified atom stereocenters. The quantitative estimate of drug-likeness (QED) is 0.223. The molecule has 3 aromatic carbocycles. The smallest absolute Gasteiger partial charge is 0.337 e. The molecule has 0 saturated heterocycles. The van der Waals surface area contributed by atoms with Gasteiger partial charge in [-0.05, 0) is 65.1 Å². The highest BCUT2D eigenvalue weighted by atomic mass is 16.7. The molecule has 0 bridgehead atoms. The summed E-state index contributed by atoms with van der Waals surface area (Å²) in [5, 5.41) is 13.3. The van der Waals surface area contributed by atoms with Gasteiger partial charge in [0.05, 0.1) is 33.0 Å². The molecule has 9 nitrogen and oxygen atoms in total. The standard InChI is InChI=1S/C33H34N2O7/c1-39-27-11-12-29-28(17-27)25(18-35-29)13-14-34-32(37)30-15-26(23-7-9-24(10-8-23)33(38)40-2)16-31(42-30)41-20-22-5-3-21(19-36)4-6-22/h3-12,15,17-18,26,31,35-36H,13-14,16,19-20H2,1-2H3,(H,34,37). The number of aromatic amines is 1. The lowest BCUT2D eigenvalue weighted by atomic mass is 9.92. The first kappa shape index (κ1) is 28.9. The maximum atomic E-state index is 13.3. The SMILES string of the molecule is COC(=O)c1ccc(C2C=C(C(=O)NCCc3c[nH]c4ccc(OC)cc34)OC(OCc3ccc(CO)cc3)C2)cc1. The lowest BCUT2D eigenvalue weighted by Gasteiger charge is -2.29. The number of nitrogens with one attached hydrogen (secondary N) is 2. The van der Waals surface area contributed by atoms with Gasteiger partial charge in [0.2, 0.25) is 6.29 Å². The van der Waals surface area contributed by atoms with Crippen molar-refractivity contribution in [3.8, 4) is 5.75 Å². The van der Waals surface area contributed by atoms with Crippen molar-refractivity contribution >= 4 is 22.8 Å². The Hall–Kier alpha value is -4.60. The minimum atomic E-state index is -0.667. The molecule has 0 aliphatic carbocycles. The number of hydrogen-bond donors (Lipinski definition) is 3. The summed E-state index contributed by atoms with van der Waals surface area (Å²) in [7, 11) is 2.98. The van der Waals surface area contributed by atoms with Crippen LogP contribution in [-0.2, 0) is 38.6 Å². The monoisotopic (exact) mass is 570 g/mol. The highest BCUT2D eigenvalue weighted by Gasteiger charge is 2.29. The second-order valence-corrected chi connectivity index (χ2v) is 10.1. The molecule has 4 aromatic rings. The summed E-state index contributed by atoms with van der Waals surface area (Å²) in [5.41, 5.74) is 5.18. The van der Waals surface area contributed by atoms with Gasteiger partial charge in [0.15, 0.2) is 5.76 Å². The molecule has 1 aliphatic heterocycles. The minimum Gasteiger partial charge on any atom is -0.497 e. The van der Waals surface area contributed by atoms with Gasteiger partial charge in [0.1, 0.15) is 5.75 Å². The summed E-state index contributed by atoms with van der Waals surface area (Å²) in [4.78, 5) is 28.4. The zero-order chi connectivity index (χ0) is 29.5. The van der Waals surface area contributed by atoms with Gasteiger partial charge in [-0.25, -0.2) is 4.79 Å². The predicted molar refractivity (Wildman–Crippen MR) is 157 cm³/mol. The second kappa shape index (κ2) is 13.4. The fraction of sp³-hybridized carbons (Fsp3) is 0.273. The molecule has 9 heteroatoms. The number of ether oxygens (including phenoxy) is 4. The van der Waals surface area contributed by atoms with Gasteiger partial charge < -0.3 is 34.4 Å². The number of aliphatic hydroxyl groups excluding tert-OH is 1. The molecule has 3 N–H and O–H groups in total. The maximum absolute atomic E-state index is 13.3. The number of rotatable bonds is 11. The molecule has 2 heterocycles. The van der Waals surface area contributed by atoms with E-state index in [0.717, 1.165) is 38.9 Å². The summed E-state index contributed by atoms with van der Waals surface area (Å²) < 4.78 is 22.3. The number of allylic oxidation sites excluding steroid dienone is 1. The van der Waals surface area contributed by atoms with Crippen molar-refractivity contribution < 1.29 is 33.6 Å². The van der Waals surface area contributed by atoms with Crippen LogP contribution in [0, 0.1) is 0 Å². The molecular weight excluding hydrogens is 536 g/mol. The third kappa shape index (κ3) is 6.82. The molecule has 5 rings (SSSR count). The van der Waals surface area contributed by atoms with Gasteiger partial charge in [0.25, 0.3) is 5.91 Å². The van der Waals surface area contributed by atoms with Crippen molar-refractivity contribution in [2.24, 2.45) is 0 Å². The number of hydrogen-bond acceptors (Lipinski definition) is 7. The van der Waals surface area contributed by atoms with Crippen LogP contribution in [0.25, 0.3) is 10.9 Å². The molecule has 1 aromatic heterocycles. The Kier molecular flexibility index (Phi) is 9.21.